The lowest BCUT2D eigenvalue weighted by Crippen LogP contribution is -2.42. The standard InChI is InChI=1S/C14H18N2O3/c1-19-8-12-10-6-7-16(14(17)18)13(10)9-4-2-3-5-11(9)15-12/h2-5,10,12-13,15H,6-8H2,1H3,(H,17,18)/t10-,12+,13+/m0/s1. The van der Waals surface area contributed by atoms with Crippen molar-refractivity contribution in [3.63, 3.8) is 0 Å². The van der Waals surface area contributed by atoms with Gasteiger partial charge in [-0.2, -0.15) is 0 Å². The maximum atomic E-state index is 11.4. The molecule has 0 saturated carbocycles. The molecular weight excluding hydrogens is 244 g/mol. The Balaban J connectivity index is 2.01. The Morgan fingerprint density at radius 3 is 3.05 bits per heavy atom. The zero-order valence-electron chi connectivity index (χ0n) is 10.9. The van der Waals surface area contributed by atoms with Crippen molar-refractivity contribution in [1.29, 1.82) is 0 Å². The van der Waals surface area contributed by atoms with Gasteiger partial charge in [-0.3, -0.25) is 0 Å². The second-order valence-corrected chi connectivity index (χ2v) is 5.17. The van der Waals surface area contributed by atoms with E-state index in [1.54, 1.807) is 12.0 Å². The van der Waals surface area contributed by atoms with E-state index < -0.39 is 6.09 Å². The highest BCUT2D eigenvalue weighted by molar-refractivity contribution is 5.68. The van der Waals surface area contributed by atoms with E-state index in [2.05, 4.69) is 5.32 Å². The summed E-state index contributed by atoms with van der Waals surface area (Å²) in [5, 5.41) is 12.9. The van der Waals surface area contributed by atoms with Crippen LogP contribution in [0.2, 0.25) is 0 Å². The first-order valence-electron chi connectivity index (χ1n) is 6.56. The van der Waals surface area contributed by atoms with Gasteiger partial charge in [0.2, 0.25) is 0 Å². The minimum atomic E-state index is -0.833. The van der Waals surface area contributed by atoms with Gasteiger partial charge in [0.25, 0.3) is 0 Å². The highest BCUT2D eigenvalue weighted by Gasteiger charge is 2.45. The van der Waals surface area contributed by atoms with Gasteiger partial charge in [0, 0.05) is 25.3 Å². The lowest BCUT2D eigenvalue weighted by atomic mass is 9.83. The molecule has 1 saturated heterocycles. The maximum absolute atomic E-state index is 11.4. The summed E-state index contributed by atoms with van der Waals surface area (Å²) in [5.41, 5.74) is 2.11. The lowest BCUT2D eigenvalue weighted by molar-refractivity contribution is 0.119. The van der Waals surface area contributed by atoms with Crippen LogP contribution in [-0.2, 0) is 4.74 Å². The van der Waals surface area contributed by atoms with E-state index in [0.717, 1.165) is 17.7 Å². The molecule has 0 aliphatic carbocycles. The maximum Gasteiger partial charge on any atom is 0.407 e. The number of likely N-dealkylation sites (tertiary alicyclic amines) is 1. The van der Waals surface area contributed by atoms with Gasteiger partial charge in [-0.15, -0.1) is 0 Å². The Labute approximate surface area is 112 Å². The molecule has 1 aromatic rings. The first kappa shape index (κ1) is 12.3. The minimum absolute atomic E-state index is 0.0462. The van der Waals surface area contributed by atoms with E-state index in [0.29, 0.717) is 13.2 Å². The molecule has 0 aromatic heterocycles. The van der Waals surface area contributed by atoms with Gasteiger partial charge in [-0.05, 0) is 18.1 Å². The van der Waals surface area contributed by atoms with Crippen LogP contribution in [0.25, 0.3) is 0 Å². The molecule has 0 radical (unpaired) electrons. The predicted octanol–water partition coefficient (Wildman–Crippen LogP) is 2.17. The third-order valence-corrected chi connectivity index (χ3v) is 4.17. The number of hydrogen-bond acceptors (Lipinski definition) is 3. The van der Waals surface area contributed by atoms with Crippen LogP contribution >= 0.6 is 0 Å². The van der Waals surface area contributed by atoms with E-state index in [9.17, 15) is 9.90 Å². The highest BCUT2D eigenvalue weighted by atomic mass is 16.5. The summed E-state index contributed by atoms with van der Waals surface area (Å²) >= 11 is 0. The average molecular weight is 262 g/mol. The fourth-order valence-electron chi connectivity index (χ4n) is 3.39. The number of carboxylic acid groups (broad SMARTS) is 1. The smallest absolute Gasteiger partial charge is 0.407 e. The van der Waals surface area contributed by atoms with Crippen LogP contribution in [0.5, 0.6) is 0 Å². The largest absolute Gasteiger partial charge is 0.465 e. The number of benzene rings is 1. The number of ether oxygens (including phenoxy) is 1. The molecule has 1 aromatic carbocycles. The molecule has 102 valence electrons. The Hall–Kier alpha value is -1.75. The van der Waals surface area contributed by atoms with Gasteiger partial charge >= 0.3 is 6.09 Å². The molecule has 19 heavy (non-hydrogen) atoms. The van der Waals surface area contributed by atoms with Gasteiger partial charge in [0.05, 0.1) is 18.7 Å². The van der Waals surface area contributed by atoms with Crippen LogP contribution in [0.15, 0.2) is 24.3 Å². The number of nitrogens with zero attached hydrogens (tertiary/aromatic N) is 1. The normalized spacial score (nSPS) is 28.5. The van der Waals surface area contributed by atoms with Gasteiger partial charge in [-0.25, -0.2) is 4.79 Å². The quantitative estimate of drug-likeness (QED) is 0.857. The van der Waals surface area contributed by atoms with Crippen LogP contribution in [0.3, 0.4) is 0 Å². The Morgan fingerprint density at radius 1 is 1.53 bits per heavy atom. The number of fused-ring (bicyclic) bond motifs is 3. The summed E-state index contributed by atoms with van der Waals surface area (Å²) in [4.78, 5) is 13.0. The van der Waals surface area contributed by atoms with Gasteiger partial charge in [0.15, 0.2) is 0 Å². The first-order chi connectivity index (χ1) is 9.22. The second kappa shape index (κ2) is 4.74. The van der Waals surface area contributed by atoms with Crippen LogP contribution in [0.1, 0.15) is 18.0 Å². The molecule has 2 N–H and O–H groups in total. The van der Waals surface area contributed by atoms with Crippen molar-refractivity contribution in [2.45, 2.75) is 18.5 Å². The Bertz CT molecular complexity index is 491. The molecule has 0 bridgehead atoms. The molecule has 3 rings (SSSR count). The number of amides is 1. The van der Waals surface area contributed by atoms with Gasteiger partial charge in [0.1, 0.15) is 0 Å². The average Bonchev–Trinajstić information content (AvgIpc) is 2.84. The minimum Gasteiger partial charge on any atom is -0.465 e. The second-order valence-electron chi connectivity index (χ2n) is 5.17. The van der Waals surface area contributed by atoms with Crippen LogP contribution < -0.4 is 5.32 Å². The van der Waals surface area contributed by atoms with E-state index in [1.165, 1.54) is 0 Å². The van der Waals surface area contributed by atoms with Crippen molar-refractivity contribution in [2.24, 2.45) is 5.92 Å². The van der Waals surface area contributed by atoms with Gasteiger partial charge < -0.3 is 20.1 Å². The van der Waals surface area contributed by atoms with E-state index >= 15 is 0 Å². The summed E-state index contributed by atoms with van der Waals surface area (Å²) in [6.07, 6.45) is 0.0483. The van der Waals surface area contributed by atoms with Crippen molar-refractivity contribution in [2.75, 3.05) is 25.6 Å². The third kappa shape index (κ3) is 1.94. The van der Waals surface area contributed by atoms with E-state index in [4.69, 9.17) is 4.74 Å². The van der Waals surface area contributed by atoms with Crippen LogP contribution in [0, 0.1) is 5.92 Å². The summed E-state index contributed by atoms with van der Waals surface area (Å²) in [6.45, 7) is 1.20. The molecular formula is C14H18N2O3. The van der Waals surface area contributed by atoms with Crippen molar-refractivity contribution in [1.82, 2.24) is 4.90 Å². The molecule has 0 unspecified atom stereocenters. The fraction of sp³-hybridized carbons (Fsp3) is 0.500. The molecule has 2 aliphatic heterocycles. The number of hydrogen-bond donors (Lipinski definition) is 2. The number of carbonyl (C=O) groups is 1. The number of para-hydroxylation sites is 1. The zero-order chi connectivity index (χ0) is 13.4. The van der Waals surface area contributed by atoms with Gasteiger partial charge in [-0.1, -0.05) is 18.2 Å². The van der Waals surface area contributed by atoms with E-state index in [-0.39, 0.29) is 18.0 Å². The molecule has 2 aliphatic rings. The molecule has 5 heteroatoms. The third-order valence-electron chi connectivity index (χ3n) is 4.17. The SMILES string of the molecule is COC[C@H]1Nc2ccccc2[C@@H]2[C@H]1CCN2C(=O)O. The fourth-order valence-corrected chi connectivity index (χ4v) is 3.39. The summed E-state index contributed by atoms with van der Waals surface area (Å²) < 4.78 is 5.27. The van der Waals surface area contributed by atoms with E-state index in [1.807, 2.05) is 24.3 Å². The molecule has 0 spiro atoms. The summed E-state index contributed by atoms with van der Waals surface area (Å²) in [7, 11) is 1.68. The lowest BCUT2D eigenvalue weighted by Gasteiger charge is -2.38. The molecule has 1 amide bonds. The molecule has 1 fully saturated rings. The number of anilines is 1. The zero-order valence-corrected chi connectivity index (χ0v) is 10.9. The number of nitrogens with one attached hydrogen (secondary N) is 1. The first-order valence-corrected chi connectivity index (χ1v) is 6.56. The molecule has 3 atom stereocenters. The summed E-state index contributed by atoms with van der Waals surface area (Å²) in [6, 6.07) is 8.09. The molecule has 5 nitrogen and oxygen atoms in total. The highest BCUT2D eigenvalue weighted by Crippen LogP contribution is 2.46. The Morgan fingerprint density at radius 2 is 2.32 bits per heavy atom. The number of rotatable bonds is 2. The van der Waals surface area contributed by atoms with Crippen molar-refractivity contribution >= 4 is 11.8 Å². The molecule has 2 heterocycles. The van der Waals surface area contributed by atoms with Crippen molar-refractivity contribution in [3.05, 3.63) is 29.8 Å². The monoisotopic (exact) mass is 262 g/mol. The van der Waals surface area contributed by atoms with Crippen LogP contribution in [-0.4, -0.2) is 42.4 Å². The predicted molar refractivity (Wildman–Crippen MR) is 71.3 cm³/mol. The van der Waals surface area contributed by atoms with Crippen LogP contribution in [0.4, 0.5) is 10.5 Å². The number of methoxy groups -OCH3 is 1. The topological polar surface area (TPSA) is 61.8 Å². The Kier molecular flexibility index (Phi) is 3.06. The van der Waals surface area contributed by atoms with Crippen molar-refractivity contribution < 1.29 is 14.6 Å². The van der Waals surface area contributed by atoms with Crippen molar-refractivity contribution in [3.8, 4) is 0 Å². The summed E-state index contributed by atoms with van der Waals surface area (Å²) in [5.74, 6) is 0.283.